The largest absolute Gasteiger partial charge is 0.497 e. The zero-order valence-electron chi connectivity index (χ0n) is 12.7. The number of hydrogen-bond acceptors (Lipinski definition) is 2. The number of ether oxygens (including phenoxy) is 1. The molecule has 0 saturated heterocycles. The number of methoxy groups -OCH3 is 1. The van der Waals surface area contributed by atoms with Crippen LogP contribution in [0.3, 0.4) is 0 Å². The summed E-state index contributed by atoms with van der Waals surface area (Å²) in [5.41, 5.74) is 2.53. The highest BCUT2D eigenvalue weighted by Crippen LogP contribution is 2.14. The summed E-state index contributed by atoms with van der Waals surface area (Å²) in [4.78, 5) is 15.2. The molecule has 0 radical (unpaired) electrons. The number of aromatic amines is 1. The lowest BCUT2D eigenvalue weighted by molar-refractivity contribution is 0.0959. The van der Waals surface area contributed by atoms with E-state index >= 15 is 0 Å². The summed E-state index contributed by atoms with van der Waals surface area (Å²) in [6.45, 7) is 0.302. The Morgan fingerprint density at radius 3 is 2.78 bits per heavy atom. The summed E-state index contributed by atoms with van der Waals surface area (Å²) in [6, 6.07) is 15.0. The molecule has 1 aromatic heterocycles. The molecule has 4 heteroatoms. The van der Waals surface area contributed by atoms with Crippen LogP contribution in [0.5, 0.6) is 5.75 Å². The molecule has 0 fully saturated rings. The van der Waals surface area contributed by atoms with E-state index in [9.17, 15) is 4.79 Å². The zero-order valence-corrected chi connectivity index (χ0v) is 12.7. The minimum atomic E-state index is -0.128. The van der Waals surface area contributed by atoms with Gasteiger partial charge < -0.3 is 15.0 Å². The summed E-state index contributed by atoms with van der Waals surface area (Å²) in [5, 5.41) is 3.82. The molecule has 4 nitrogen and oxygen atoms in total. The Morgan fingerprint density at radius 2 is 2.00 bits per heavy atom. The first kappa shape index (κ1) is 14.7. The van der Waals surface area contributed by atoms with E-state index in [2.05, 4.69) is 22.1 Å². The number of fused-ring (bicyclic) bond motifs is 1. The van der Waals surface area contributed by atoms with E-state index in [1.54, 1.807) is 13.2 Å². The molecule has 114 valence electrons. The standard InChI is InChI=1S/C19H16N2O2/c1-23-17-7-4-14(5-8-17)3-2-11-21-19(22)16-6-9-18-15(13-16)10-12-20-18/h4-10,12-13,20H,11H2,1H3,(H,21,22). The Hall–Kier alpha value is -3.19. The zero-order chi connectivity index (χ0) is 16.1. The van der Waals surface area contributed by atoms with Gasteiger partial charge in [0.1, 0.15) is 5.75 Å². The van der Waals surface area contributed by atoms with Gasteiger partial charge in [0.2, 0.25) is 0 Å². The number of rotatable bonds is 3. The van der Waals surface area contributed by atoms with Crippen LogP contribution >= 0.6 is 0 Å². The Kier molecular flexibility index (Phi) is 4.30. The van der Waals surface area contributed by atoms with Crippen molar-refractivity contribution in [2.75, 3.05) is 13.7 Å². The van der Waals surface area contributed by atoms with Crippen LogP contribution in [0.25, 0.3) is 10.9 Å². The van der Waals surface area contributed by atoms with Crippen molar-refractivity contribution in [2.24, 2.45) is 0 Å². The van der Waals surface area contributed by atoms with Gasteiger partial charge in [0.05, 0.1) is 13.7 Å². The van der Waals surface area contributed by atoms with Crippen LogP contribution in [0.4, 0.5) is 0 Å². The molecular weight excluding hydrogens is 288 g/mol. The smallest absolute Gasteiger partial charge is 0.252 e. The van der Waals surface area contributed by atoms with Crippen molar-refractivity contribution in [3.63, 3.8) is 0 Å². The third kappa shape index (κ3) is 3.53. The van der Waals surface area contributed by atoms with E-state index in [1.165, 1.54) is 0 Å². The molecule has 0 saturated carbocycles. The number of amides is 1. The van der Waals surface area contributed by atoms with Crippen molar-refractivity contribution in [2.45, 2.75) is 0 Å². The lowest BCUT2D eigenvalue weighted by atomic mass is 10.1. The molecule has 1 heterocycles. The first-order valence-corrected chi connectivity index (χ1v) is 7.24. The number of nitrogens with one attached hydrogen (secondary N) is 2. The van der Waals surface area contributed by atoms with E-state index in [0.29, 0.717) is 12.1 Å². The van der Waals surface area contributed by atoms with Gasteiger partial charge in [0.25, 0.3) is 5.91 Å². The number of H-pyrrole nitrogens is 1. The van der Waals surface area contributed by atoms with Crippen LogP contribution < -0.4 is 10.1 Å². The van der Waals surface area contributed by atoms with Gasteiger partial charge in [0, 0.05) is 28.2 Å². The van der Waals surface area contributed by atoms with Crippen molar-refractivity contribution in [3.05, 3.63) is 65.9 Å². The predicted octanol–water partition coefficient (Wildman–Crippen LogP) is 2.96. The van der Waals surface area contributed by atoms with Gasteiger partial charge in [-0.15, -0.1) is 0 Å². The summed E-state index contributed by atoms with van der Waals surface area (Å²) >= 11 is 0. The molecular formula is C19H16N2O2. The molecule has 23 heavy (non-hydrogen) atoms. The van der Waals surface area contributed by atoms with Crippen molar-refractivity contribution < 1.29 is 9.53 Å². The van der Waals surface area contributed by atoms with Crippen LogP contribution in [-0.2, 0) is 0 Å². The van der Waals surface area contributed by atoms with E-state index < -0.39 is 0 Å². The van der Waals surface area contributed by atoms with Crippen molar-refractivity contribution in [1.29, 1.82) is 0 Å². The minimum Gasteiger partial charge on any atom is -0.497 e. The molecule has 0 aliphatic carbocycles. The second kappa shape index (κ2) is 6.71. The van der Waals surface area contributed by atoms with Gasteiger partial charge >= 0.3 is 0 Å². The van der Waals surface area contributed by atoms with Gasteiger partial charge in [-0.3, -0.25) is 4.79 Å². The van der Waals surface area contributed by atoms with Crippen LogP contribution in [0.1, 0.15) is 15.9 Å². The fourth-order valence-electron chi connectivity index (χ4n) is 2.24. The van der Waals surface area contributed by atoms with Crippen LogP contribution in [0.2, 0.25) is 0 Å². The van der Waals surface area contributed by atoms with Gasteiger partial charge in [-0.25, -0.2) is 0 Å². The Bertz CT molecular complexity index is 883. The molecule has 1 amide bonds. The summed E-state index contributed by atoms with van der Waals surface area (Å²) < 4.78 is 5.09. The van der Waals surface area contributed by atoms with Gasteiger partial charge in [0.15, 0.2) is 0 Å². The molecule has 2 N–H and O–H groups in total. The summed E-state index contributed by atoms with van der Waals surface area (Å²) in [6.07, 6.45) is 1.85. The van der Waals surface area contributed by atoms with Gasteiger partial charge in [-0.2, -0.15) is 0 Å². The molecule has 0 aliphatic rings. The first-order chi connectivity index (χ1) is 11.3. The Morgan fingerprint density at radius 1 is 1.17 bits per heavy atom. The highest BCUT2D eigenvalue weighted by molar-refractivity contribution is 5.98. The van der Waals surface area contributed by atoms with Gasteiger partial charge in [-0.1, -0.05) is 11.8 Å². The highest BCUT2D eigenvalue weighted by atomic mass is 16.5. The lowest BCUT2D eigenvalue weighted by Crippen LogP contribution is -2.23. The van der Waals surface area contributed by atoms with Crippen LogP contribution in [-0.4, -0.2) is 24.5 Å². The maximum Gasteiger partial charge on any atom is 0.252 e. The van der Waals surface area contributed by atoms with Crippen molar-refractivity contribution in [1.82, 2.24) is 10.3 Å². The number of carbonyl (C=O) groups is 1. The second-order valence-corrected chi connectivity index (χ2v) is 4.99. The predicted molar refractivity (Wildman–Crippen MR) is 90.5 cm³/mol. The fraction of sp³-hybridized carbons (Fsp3) is 0.105. The average Bonchev–Trinajstić information content (AvgIpc) is 3.06. The fourth-order valence-corrected chi connectivity index (χ4v) is 2.24. The number of carbonyl (C=O) groups excluding carboxylic acids is 1. The highest BCUT2D eigenvalue weighted by Gasteiger charge is 2.05. The maximum atomic E-state index is 12.1. The summed E-state index contributed by atoms with van der Waals surface area (Å²) in [7, 11) is 1.63. The van der Waals surface area contributed by atoms with Crippen LogP contribution in [0.15, 0.2) is 54.7 Å². The topological polar surface area (TPSA) is 54.1 Å². The van der Waals surface area contributed by atoms with Crippen molar-refractivity contribution in [3.8, 4) is 17.6 Å². The first-order valence-electron chi connectivity index (χ1n) is 7.24. The molecule has 0 unspecified atom stereocenters. The average molecular weight is 304 g/mol. The lowest BCUT2D eigenvalue weighted by Gasteiger charge is -2.01. The molecule has 0 aliphatic heterocycles. The molecule has 3 rings (SSSR count). The third-order valence-electron chi connectivity index (χ3n) is 3.48. The number of benzene rings is 2. The second-order valence-electron chi connectivity index (χ2n) is 4.99. The monoisotopic (exact) mass is 304 g/mol. The van der Waals surface area contributed by atoms with E-state index in [0.717, 1.165) is 22.2 Å². The van der Waals surface area contributed by atoms with Crippen LogP contribution in [0, 0.1) is 11.8 Å². The molecule has 0 spiro atoms. The minimum absolute atomic E-state index is 0.128. The van der Waals surface area contributed by atoms with Gasteiger partial charge in [-0.05, 0) is 48.5 Å². The number of aromatic nitrogens is 1. The van der Waals surface area contributed by atoms with E-state index in [4.69, 9.17) is 4.74 Å². The molecule has 0 bridgehead atoms. The van der Waals surface area contributed by atoms with E-state index in [-0.39, 0.29) is 5.91 Å². The third-order valence-corrected chi connectivity index (χ3v) is 3.48. The Labute approximate surface area is 134 Å². The quantitative estimate of drug-likeness (QED) is 0.731. The SMILES string of the molecule is COc1ccc(C#CCNC(=O)c2ccc3[nH]ccc3c2)cc1. The molecule has 0 atom stereocenters. The summed E-state index contributed by atoms with van der Waals surface area (Å²) in [5.74, 6) is 6.61. The van der Waals surface area contributed by atoms with E-state index in [1.807, 2.05) is 48.7 Å². The van der Waals surface area contributed by atoms with Crippen molar-refractivity contribution >= 4 is 16.8 Å². The Balaban J connectivity index is 1.59. The number of hydrogen-bond donors (Lipinski definition) is 2. The normalized spacial score (nSPS) is 9.96. The molecule has 2 aromatic carbocycles. The molecule has 3 aromatic rings. The maximum absolute atomic E-state index is 12.1.